The molecule has 1 aromatic carbocycles. The van der Waals surface area contributed by atoms with Crippen molar-refractivity contribution in [3.63, 3.8) is 0 Å². The highest BCUT2D eigenvalue weighted by molar-refractivity contribution is 7.15. The molecule has 3 aromatic rings. The number of hydrogen-bond acceptors (Lipinski definition) is 6. The van der Waals surface area contributed by atoms with Crippen molar-refractivity contribution in [2.75, 3.05) is 31.1 Å². The Labute approximate surface area is 184 Å². The van der Waals surface area contributed by atoms with Crippen molar-refractivity contribution in [1.82, 2.24) is 19.9 Å². The molecule has 0 bridgehead atoms. The lowest BCUT2D eigenvalue weighted by molar-refractivity contribution is 0.0778. The number of benzene rings is 1. The van der Waals surface area contributed by atoms with E-state index >= 15 is 0 Å². The highest BCUT2D eigenvalue weighted by atomic mass is 32.1. The highest BCUT2D eigenvalue weighted by Gasteiger charge is 2.43. The van der Waals surface area contributed by atoms with Gasteiger partial charge in [-0.2, -0.15) is 0 Å². The molecule has 0 radical (unpaired) electrons. The number of hydrogen-bond donors (Lipinski definition) is 0. The molecule has 2 aliphatic rings. The molecule has 2 fully saturated rings. The quantitative estimate of drug-likeness (QED) is 0.622. The number of aryl methyl sites for hydroxylation is 3. The molecule has 0 spiro atoms. The molecule has 0 N–H and O–H groups in total. The van der Waals surface area contributed by atoms with E-state index in [0.717, 1.165) is 35.4 Å². The molecule has 1 amide bonds. The Morgan fingerprint density at radius 1 is 1.00 bits per heavy atom. The molecule has 2 atom stereocenters. The fraction of sp³-hybridized carbons (Fsp3) is 0.391. The fourth-order valence-corrected chi connectivity index (χ4v) is 5.66. The van der Waals surface area contributed by atoms with Crippen LogP contribution >= 0.6 is 11.3 Å². The zero-order valence-corrected chi connectivity index (χ0v) is 18.6. The zero-order valence-electron chi connectivity index (χ0n) is 17.8. The number of carbonyl (C=O) groups excluding carboxylic acids is 1. The van der Waals surface area contributed by atoms with Crippen molar-refractivity contribution in [2.45, 2.75) is 20.8 Å². The van der Waals surface area contributed by atoms with Crippen molar-refractivity contribution in [3.05, 3.63) is 58.2 Å². The summed E-state index contributed by atoms with van der Waals surface area (Å²) in [6.07, 6.45) is 0. The number of amides is 1. The van der Waals surface area contributed by atoms with Crippen LogP contribution in [-0.2, 0) is 0 Å². The number of nitrogens with zero attached hydrogens (tertiary/aromatic N) is 5. The summed E-state index contributed by atoms with van der Waals surface area (Å²) in [6, 6.07) is 8.54. The van der Waals surface area contributed by atoms with E-state index in [4.69, 9.17) is 0 Å². The van der Waals surface area contributed by atoms with Crippen LogP contribution in [0.5, 0.6) is 0 Å². The van der Waals surface area contributed by atoms with Crippen LogP contribution in [0.2, 0.25) is 0 Å². The number of rotatable bonds is 3. The summed E-state index contributed by atoms with van der Waals surface area (Å²) in [5.74, 6) is 1.10. The minimum Gasteiger partial charge on any atom is -0.340 e. The van der Waals surface area contributed by atoms with Crippen LogP contribution in [0.1, 0.15) is 26.9 Å². The summed E-state index contributed by atoms with van der Waals surface area (Å²) in [5, 5.41) is 0.763. The van der Waals surface area contributed by atoms with Crippen LogP contribution in [-0.4, -0.2) is 51.9 Å². The van der Waals surface area contributed by atoms with E-state index in [1.807, 2.05) is 31.7 Å². The highest BCUT2D eigenvalue weighted by Crippen LogP contribution is 2.36. The van der Waals surface area contributed by atoms with E-state index in [0.29, 0.717) is 41.1 Å². The van der Waals surface area contributed by atoms with Crippen molar-refractivity contribution in [2.24, 2.45) is 11.8 Å². The molecule has 2 aliphatic heterocycles. The Kier molecular flexibility index (Phi) is 4.97. The lowest BCUT2D eigenvalue weighted by Crippen LogP contribution is -2.34. The van der Waals surface area contributed by atoms with Gasteiger partial charge in [-0.15, -0.1) is 11.3 Å². The lowest BCUT2D eigenvalue weighted by Gasteiger charge is -2.22. The number of anilines is 1. The first-order valence-corrected chi connectivity index (χ1v) is 11.3. The van der Waals surface area contributed by atoms with E-state index < -0.39 is 0 Å². The summed E-state index contributed by atoms with van der Waals surface area (Å²) in [4.78, 5) is 31.7. The summed E-state index contributed by atoms with van der Waals surface area (Å²) in [7, 11) is 0. The second-order valence-electron chi connectivity index (χ2n) is 8.48. The number of thiazole rings is 1. The van der Waals surface area contributed by atoms with Gasteiger partial charge in [-0.25, -0.2) is 19.3 Å². The summed E-state index contributed by atoms with van der Waals surface area (Å²) in [5.41, 5.74) is 2.74. The number of likely N-dealkylation sites (tertiary alicyclic amines) is 1. The molecule has 6 nitrogen and oxygen atoms in total. The summed E-state index contributed by atoms with van der Waals surface area (Å²) < 4.78 is 14.4. The first kappa shape index (κ1) is 20.1. The van der Waals surface area contributed by atoms with Crippen LogP contribution in [0.25, 0.3) is 10.4 Å². The standard InChI is InChI=1S/C23H24FN5OS/c1-13-8-14(2)26-23(25-13)29-11-16-9-28(10-17(16)12-29)22(30)20-21(31-15(3)27-20)18-6-4-5-7-19(18)24/h4-8,16-17H,9-12H2,1-3H3/t16-,17-/m0/s1. The van der Waals surface area contributed by atoms with Gasteiger partial charge in [0.25, 0.3) is 5.91 Å². The van der Waals surface area contributed by atoms with Crippen molar-refractivity contribution < 1.29 is 9.18 Å². The van der Waals surface area contributed by atoms with Crippen LogP contribution in [0.3, 0.4) is 0 Å². The molecule has 31 heavy (non-hydrogen) atoms. The molecule has 8 heteroatoms. The average molecular weight is 438 g/mol. The number of carbonyl (C=O) groups is 1. The second kappa shape index (κ2) is 7.67. The molecular weight excluding hydrogens is 413 g/mol. The van der Waals surface area contributed by atoms with Gasteiger partial charge in [0.1, 0.15) is 11.5 Å². The molecule has 5 rings (SSSR count). The molecule has 2 saturated heterocycles. The third-order valence-corrected chi connectivity index (χ3v) is 7.09. The van der Waals surface area contributed by atoms with Crippen molar-refractivity contribution in [3.8, 4) is 10.4 Å². The Hall–Kier alpha value is -2.87. The number of aromatic nitrogens is 3. The molecule has 4 heterocycles. The average Bonchev–Trinajstić information content (AvgIpc) is 3.40. The zero-order chi connectivity index (χ0) is 21.7. The lowest BCUT2D eigenvalue weighted by atomic mass is 10.0. The molecule has 2 aromatic heterocycles. The Morgan fingerprint density at radius 3 is 2.29 bits per heavy atom. The van der Waals surface area contributed by atoms with E-state index in [1.165, 1.54) is 17.4 Å². The predicted molar refractivity (Wildman–Crippen MR) is 119 cm³/mol. The SMILES string of the molecule is Cc1cc(C)nc(N2C[C@@H]3CN(C(=O)c4nc(C)sc4-c4ccccc4F)C[C@H]3C2)n1. The fourth-order valence-electron chi connectivity index (χ4n) is 4.72. The Bertz CT molecular complexity index is 1130. The third kappa shape index (κ3) is 3.69. The maximum Gasteiger partial charge on any atom is 0.274 e. The Morgan fingerprint density at radius 2 is 1.65 bits per heavy atom. The van der Waals surface area contributed by atoms with Gasteiger partial charge in [0.2, 0.25) is 5.95 Å². The van der Waals surface area contributed by atoms with E-state index in [-0.39, 0.29) is 11.7 Å². The van der Waals surface area contributed by atoms with E-state index in [2.05, 4.69) is 19.9 Å². The molecule has 160 valence electrons. The maximum absolute atomic E-state index is 14.4. The maximum atomic E-state index is 14.4. The van der Waals surface area contributed by atoms with Crippen LogP contribution < -0.4 is 4.90 Å². The number of halogens is 1. The van der Waals surface area contributed by atoms with E-state index in [1.54, 1.807) is 18.2 Å². The molecule has 0 saturated carbocycles. The topological polar surface area (TPSA) is 62.2 Å². The van der Waals surface area contributed by atoms with Gasteiger partial charge in [0, 0.05) is 55.0 Å². The first-order valence-electron chi connectivity index (χ1n) is 10.5. The van der Waals surface area contributed by atoms with E-state index in [9.17, 15) is 9.18 Å². The predicted octanol–water partition coefficient (Wildman–Crippen LogP) is 3.87. The summed E-state index contributed by atoms with van der Waals surface area (Å²) >= 11 is 1.37. The smallest absolute Gasteiger partial charge is 0.274 e. The van der Waals surface area contributed by atoms with Crippen LogP contribution in [0.15, 0.2) is 30.3 Å². The van der Waals surface area contributed by atoms with Gasteiger partial charge >= 0.3 is 0 Å². The van der Waals surface area contributed by atoms with Gasteiger partial charge in [-0.05, 0) is 32.9 Å². The summed E-state index contributed by atoms with van der Waals surface area (Å²) in [6.45, 7) is 8.86. The first-order chi connectivity index (χ1) is 14.9. The van der Waals surface area contributed by atoms with Crippen LogP contribution in [0, 0.1) is 38.4 Å². The normalized spacial score (nSPS) is 20.4. The van der Waals surface area contributed by atoms with Gasteiger partial charge in [-0.1, -0.05) is 18.2 Å². The largest absolute Gasteiger partial charge is 0.340 e. The van der Waals surface area contributed by atoms with Crippen molar-refractivity contribution >= 4 is 23.2 Å². The van der Waals surface area contributed by atoms with Crippen molar-refractivity contribution in [1.29, 1.82) is 0 Å². The Balaban J connectivity index is 1.34. The van der Waals surface area contributed by atoms with Gasteiger partial charge < -0.3 is 9.80 Å². The minimum atomic E-state index is -0.331. The number of fused-ring (bicyclic) bond motifs is 1. The molecular formula is C23H24FN5OS. The molecule has 0 unspecified atom stereocenters. The van der Waals surface area contributed by atoms with Gasteiger partial charge in [0.15, 0.2) is 0 Å². The monoisotopic (exact) mass is 437 g/mol. The third-order valence-electron chi connectivity index (χ3n) is 6.08. The molecule has 0 aliphatic carbocycles. The van der Waals surface area contributed by atoms with Gasteiger partial charge in [0.05, 0.1) is 9.88 Å². The minimum absolute atomic E-state index is 0.105. The van der Waals surface area contributed by atoms with Crippen LogP contribution in [0.4, 0.5) is 10.3 Å². The van der Waals surface area contributed by atoms with Gasteiger partial charge in [-0.3, -0.25) is 4.79 Å². The second-order valence-corrected chi connectivity index (χ2v) is 9.68.